The molecule has 0 atom stereocenters. The summed E-state index contributed by atoms with van der Waals surface area (Å²) in [5.74, 6) is -0.967. The van der Waals surface area contributed by atoms with Gasteiger partial charge in [-0.3, -0.25) is 9.69 Å². The molecule has 1 aliphatic carbocycles. The molecule has 1 N–H and O–H groups in total. The van der Waals surface area contributed by atoms with Gasteiger partial charge in [0.05, 0.1) is 12.6 Å². The van der Waals surface area contributed by atoms with Crippen LogP contribution in [-0.2, 0) is 11.0 Å². The number of rotatable bonds is 4. The molecule has 0 aromatic heterocycles. The van der Waals surface area contributed by atoms with Gasteiger partial charge in [-0.2, -0.15) is 13.2 Å². The van der Waals surface area contributed by atoms with Gasteiger partial charge in [-0.1, -0.05) is 22.0 Å². The van der Waals surface area contributed by atoms with Crippen molar-refractivity contribution >= 4 is 21.9 Å². The van der Waals surface area contributed by atoms with E-state index in [2.05, 4.69) is 15.9 Å². The number of ether oxygens (including phenoxy) is 1. The monoisotopic (exact) mass is 421 g/mol. The second kappa shape index (κ2) is 6.79. The van der Waals surface area contributed by atoms with Crippen molar-refractivity contribution < 1.29 is 27.8 Å². The average Bonchev–Trinajstić information content (AvgIpc) is 2.46. The zero-order valence-corrected chi connectivity index (χ0v) is 15.1. The summed E-state index contributed by atoms with van der Waals surface area (Å²) >= 11 is 2.96. The minimum Gasteiger partial charge on any atom is -0.490 e. The highest BCUT2D eigenvalue weighted by molar-refractivity contribution is 9.10. The van der Waals surface area contributed by atoms with E-state index in [4.69, 9.17) is 9.84 Å². The lowest BCUT2D eigenvalue weighted by molar-refractivity contribution is -0.143. The summed E-state index contributed by atoms with van der Waals surface area (Å²) in [5.41, 5.74) is -0.684. The minimum atomic E-state index is -4.47. The van der Waals surface area contributed by atoms with E-state index in [1.165, 1.54) is 18.2 Å². The Labute approximate surface area is 152 Å². The molecule has 1 aromatic carbocycles. The maximum Gasteiger partial charge on any atom is 0.421 e. The van der Waals surface area contributed by atoms with E-state index in [9.17, 15) is 18.0 Å². The largest absolute Gasteiger partial charge is 0.490 e. The first-order chi connectivity index (χ1) is 11.7. The fourth-order valence-electron chi connectivity index (χ4n) is 3.83. The van der Waals surface area contributed by atoms with Crippen LogP contribution in [0.3, 0.4) is 0 Å². The van der Waals surface area contributed by atoms with E-state index in [1.54, 1.807) is 0 Å². The number of aliphatic carboxylic acids is 1. The highest BCUT2D eigenvalue weighted by atomic mass is 79.9. The molecule has 0 unspecified atom stereocenters. The van der Waals surface area contributed by atoms with Crippen LogP contribution in [0.2, 0.25) is 0 Å². The number of carboxylic acid groups (broad SMARTS) is 1. The Kier molecular flexibility index (Phi) is 5.03. The number of carboxylic acids is 1. The van der Waals surface area contributed by atoms with Gasteiger partial charge >= 0.3 is 12.1 Å². The van der Waals surface area contributed by atoms with Crippen molar-refractivity contribution in [2.75, 3.05) is 19.6 Å². The summed E-state index contributed by atoms with van der Waals surface area (Å²) in [6, 6.07) is 4.25. The van der Waals surface area contributed by atoms with Crippen molar-refractivity contribution in [3.05, 3.63) is 28.2 Å². The van der Waals surface area contributed by atoms with Crippen molar-refractivity contribution in [2.24, 2.45) is 5.41 Å². The number of halogens is 4. The van der Waals surface area contributed by atoms with Gasteiger partial charge < -0.3 is 9.84 Å². The van der Waals surface area contributed by atoms with Gasteiger partial charge in [0.25, 0.3) is 0 Å². The molecule has 1 spiro atoms. The maximum absolute atomic E-state index is 13.2. The molecule has 3 rings (SSSR count). The van der Waals surface area contributed by atoms with Crippen LogP contribution >= 0.6 is 15.9 Å². The predicted octanol–water partition coefficient (Wildman–Crippen LogP) is 4.18. The number of alkyl halides is 3. The fraction of sp³-hybridized carbons (Fsp3) is 0.588. The summed E-state index contributed by atoms with van der Waals surface area (Å²) in [5, 5.41) is 8.83. The molecule has 2 fully saturated rings. The molecule has 25 heavy (non-hydrogen) atoms. The number of likely N-dealkylation sites (tertiary alicyclic amines) is 1. The Bertz CT molecular complexity index is 649. The SMILES string of the molecule is O=C(O)CN1CCC2(CC1)CC(Oc1cccc(Br)c1C(F)(F)F)C2. The van der Waals surface area contributed by atoms with Gasteiger partial charge in [-0.15, -0.1) is 0 Å². The first kappa shape index (κ1) is 18.5. The van der Waals surface area contributed by atoms with Gasteiger partial charge in [0.1, 0.15) is 11.3 Å². The van der Waals surface area contributed by atoms with E-state index in [0.29, 0.717) is 13.1 Å². The van der Waals surface area contributed by atoms with Crippen LogP contribution in [0.25, 0.3) is 0 Å². The van der Waals surface area contributed by atoms with Crippen LogP contribution in [0.4, 0.5) is 13.2 Å². The van der Waals surface area contributed by atoms with Gasteiger partial charge in [0.2, 0.25) is 0 Å². The van der Waals surface area contributed by atoms with Crippen LogP contribution in [0.1, 0.15) is 31.2 Å². The van der Waals surface area contributed by atoms with Crippen molar-refractivity contribution in [3.63, 3.8) is 0 Å². The zero-order chi connectivity index (χ0) is 18.2. The Balaban J connectivity index is 1.59. The standard InChI is InChI=1S/C17H19BrF3NO3/c18-12-2-1-3-13(15(12)17(19,20)21)25-11-8-16(9-11)4-6-22(7-5-16)10-14(23)24/h1-3,11H,4-10H2,(H,23,24). The molecule has 1 aromatic rings. The lowest BCUT2D eigenvalue weighted by Gasteiger charge is -2.51. The number of benzene rings is 1. The minimum absolute atomic E-state index is 0.0199. The lowest BCUT2D eigenvalue weighted by Crippen LogP contribution is -2.51. The molecule has 8 heteroatoms. The third-order valence-corrected chi connectivity index (χ3v) is 5.81. The van der Waals surface area contributed by atoms with Crippen LogP contribution in [0.15, 0.2) is 22.7 Å². The molecule has 1 saturated heterocycles. The summed E-state index contributed by atoms with van der Waals surface area (Å²) in [7, 11) is 0. The lowest BCUT2D eigenvalue weighted by atomic mass is 9.61. The second-order valence-electron chi connectivity index (χ2n) is 6.93. The van der Waals surface area contributed by atoms with Crippen molar-refractivity contribution in [1.82, 2.24) is 4.90 Å². The zero-order valence-electron chi connectivity index (χ0n) is 13.5. The highest BCUT2D eigenvalue weighted by Gasteiger charge is 2.48. The van der Waals surface area contributed by atoms with Gasteiger partial charge in [0.15, 0.2) is 0 Å². The molecule has 1 saturated carbocycles. The molecule has 4 nitrogen and oxygen atoms in total. The summed E-state index contributed by atoms with van der Waals surface area (Å²) in [6.07, 6.45) is -1.52. The van der Waals surface area contributed by atoms with Gasteiger partial charge in [-0.25, -0.2) is 0 Å². The van der Waals surface area contributed by atoms with E-state index >= 15 is 0 Å². The number of hydrogen-bond donors (Lipinski definition) is 1. The number of piperidine rings is 1. The molecule has 0 bridgehead atoms. The van der Waals surface area contributed by atoms with Crippen molar-refractivity contribution in [3.8, 4) is 5.75 Å². The van der Waals surface area contributed by atoms with Crippen LogP contribution < -0.4 is 4.74 Å². The Morgan fingerprint density at radius 2 is 1.96 bits per heavy atom. The molecule has 1 aliphatic heterocycles. The van der Waals surface area contributed by atoms with Gasteiger partial charge in [0, 0.05) is 4.47 Å². The Morgan fingerprint density at radius 3 is 2.52 bits per heavy atom. The first-order valence-corrected chi connectivity index (χ1v) is 8.94. The van der Waals surface area contributed by atoms with E-state index in [0.717, 1.165) is 25.7 Å². The quantitative estimate of drug-likeness (QED) is 0.792. The number of hydrogen-bond acceptors (Lipinski definition) is 3. The fourth-order valence-corrected chi connectivity index (χ4v) is 4.40. The van der Waals surface area contributed by atoms with Crippen LogP contribution in [-0.4, -0.2) is 41.7 Å². The first-order valence-electron chi connectivity index (χ1n) is 8.15. The summed E-state index contributed by atoms with van der Waals surface area (Å²) < 4.78 is 45.3. The number of carbonyl (C=O) groups is 1. The summed E-state index contributed by atoms with van der Waals surface area (Å²) in [6.45, 7) is 1.47. The number of nitrogens with zero attached hydrogens (tertiary/aromatic N) is 1. The van der Waals surface area contributed by atoms with E-state index < -0.39 is 17.7 Å². The van der Waals surface area contributed by atoms with Crippen molar-refractivity contribution in [2.45, 2.75) is 38.0 Å². The summed E-state index contributed by atoms with van der Waals surface area (Å²) in [4.78, 5) is 12.7. The molecule has 1 heterocycles. The maximum atomic E-state index is 13.2. The topological polar surface area (TPSA) is 49.8 Å². The van der Waals surface area contributed by atoms with Gasteiger partial charge in [-0.05, 0) is 56.3 Å². The molecule has 138 valence electrons. The molecular weight excluding hydrogens is 403 g/mol. The average molecular weight is 422 g/mol. The predicted molar refractivity (Wildman–Crippen MR) is 88.5 cm³/mol. The molecule has 2 aliphatic rings. The third-order valence-electron chi connectivity index (χ3n) is 5.15. The molecule has 0 amide bonds. The Hall–Kier alpha value is -1.28. The highest BCUT2D eigenvalue weighted by Crippen LogP contribution is 2.51. The smallest absolute Gasteiger partial charge is 0.421 e. The van der Waals surface area contributed by atoms with Crippen LogP contribution in [0.5, 0.6) is 5.75 Å². The third kappa shape index (κ3) is 4.11. The second-order valence-corrected chi connectivity index (χ2v) is 7.78. The van der Waals surface area contributed by atoms with E-state index in [1.807, 2.05) is 4.90 Å². The van der Waals surface area contributed by atoms with E-state index in [-0.39, 0.29) is 28.3 Å². The Morgan fingerprint density at radius 1 is 1.32 bits per heavy atom. The molecule has 0 radical (unpaired) electrons. The van der Waals surface area contributed by atoms with Crippen molar-refractivity contribution in [1.29, 1.82) is 0 Å². The molecular formula is C17H19BrF3NO3. The normalized spacial score (nSPS) is 21.1. The van der Waals surface area contributed by atoms with Crippen LogP contribution in [0, 0.1) is 5.41 Å².